The number of carbonyl (C=O) groups is 1. The van der Waals surface area contributed by atoms with Crippen LogP contribution in [0.25, 0.3) is 0 Å². The van der Waals surface area contributed by atoms with Crippen LogP contribution in [0.3, 0.4) is 0 Å². The molecule has 112 valence electrons. The molecule has 0 aliphatic heterocycles. The van der Waals surface area contributed by atoms with Crippen molar-refractivity contribution in [2.75, 3.05) is 5.32 Å². The van der Waals surface area contributed by atoms with Crippen LogP contribution < -0.4 is 11.1 Å². The SMILES string of the molecule is Cc1cccc(NC(C(N)=O)c2csc(C(C)(C)C)n2)c1. The van der Waals surface area contributed by atoms with Crippen molar-refractivity contribution in [1.82, 2.24) is 4.98 Å². The number of thiazole rings is 1. The number of rotatable bonds is 4. The summed E-state index contributed by atoms with van der Waals surface area (Å²) in [5.41, 5.74) is 8.17. The second-order valence-electron chi connectivity index (χ2n) is 6.18. The van der Waals surface area contributed by atoms with E-state index in [4.69, 9.17) is 5.73 Å². The normalized spacial score (nSPS) is 13.0. The summed E-state index contributed by atoms with van der Waals surface area (Å²) >= 11 is 1.56. The summed E-state index contributed by atoms with van der Waals surface area (Å²) in [6.45, 7) is 8.31. The van der Waals surface area contributed by atoms with E-state index in [9.17, 15) is 4.79 Å². The largest absolute Gasteiger partial charge is 0.369 e. The fourth-order valence-corrected chi connectivity index (χ4v) is 2.89. The molecular formula is C16H21N3OS. The Morgan fingerprint density at radius 2 is 2.10 bits per heavy atom. The van der Waals surface area contributed by atoms with Gasteiger partial charge in [0.2, 0.25) is 5.91 Å². The fourth-order valence-electron chi connectivity index (χ4n) is 1.96. The van der Waals surface area contributed by atoms with E-state index in [1.54, 1.807) is 11.3 Å². The molecule has 1 unspecified atom stereocenters. The van der Waals surface area contributed by atoms with E-state index in [-0.39, 0.29) is 5.41 Å². The number of aromatic nitrogens is 1. The molecule has 21 heavy (non-hydrogen) atoms. The van der Waals surface area contributed by atoms with Crippen molar-refractivity contribution in [2.45, 2.75) is 39.2 Å². The average Bonchev–Trinajstić information content (AvgIpc) is 2.84. The van der Waals surface area contributed by atoms with Crippen LogP contribution in [0, 0.1) is 6.92 Å². The number of nitrogens with two attached hydrogens (primary N) is 1. The summed E-state index contributed by atoms with van der Waals surface area (Å²) in [5, 5.41) is 6.07. The maximum atomic E-state index is 11.8. The molecule has 1 aromatic heterocycles. The number of nitrogens with zero attached hydrogens (tertiary/aromatic N) is 1. The average molecular weight is 303 g/mol. The van der Waals surface area contributed by atoms with Gasteiger partial charge in [-0.2, -0.15) is 0 Å². The molecule has 4 nitrogen and oxygen atoms in total. The van der Waals surface area contributed by atoms with E-state index >= 15 is 0 Å². The molecule has 1 aromatic carbocycles. The van der Waals surface area contributed by atoms with Crippen LogP contribution in [-0.2, 0) is 10.2 Å². The Morgan fingerprint density at radius 1 is 1.38 bits per heavy atom. The van der Waals surface area contributed by atoms with Crippen molar-refractivity contribution in [2.24, 2.45) is 5.73 Å². The minimum atomic E-state index is -0.612. The molecule has 0 saturated carbocycles. The summed E-state index contributed by atoms with van der Waals surface area (Å²) in [7, 11) is 0. The Balaban J connectivity index is 2.27. The third kappa shape index (κ3) is 3.82. The summed E-state index contributed by atoms with van der Waals surface area (Å²) in [4.78, 5) is 16.3. The molecule has 0 aliphatic rings. The molecule has 5 heteroatoms. The third-order valence-corrected chi connectivity index (χ3v) is 4.36. The first-order chi connectivity index (χ1) is 9.77. The van der Waals surface area contributed by atoms with Gasteiger partial charge in [-0.25, -0.2) is 4.98 Å². The Morgan fingerprint density at radius 3 is 2.62 bits per heavy atom. The van der Waals surface area contributed by atoms with Crippen LogP contribution in [0.2, 0.25) is 0 Å². The van der Waals surface area contributed by atoms with Gasteiger partial charge in [-0.05, 0) is 24.6 Å². The molecule has 1 heterocycles. The maximum Gasteiger partial charge on any atom is 0.246 e. The van der Waals surface area contributed by atoms with Crippen LogP contribution in [0.5, 0.6) is 0 Å². The summed E-state index contributed by atoms with van der Waals surface area (Å²) < 4.78 is 0. The van der Waals surface area contributed by atoms with Crippen molar-refractivity contribution in [1.29, 1.82) is 0 Å². The fraction of sp³-hybridized carbons (Fsp3) is 0.375. The molecule has 0 spiro atoms. The number of carbonyl (C=O) groups excluding carboxylic acids is 1. The van der Waals surface area contributed by atoms with Crippen LogP contribution in [0.1, 0.15) is 43.1 Å². The molecule has 0 saturated heterocycles. The number of anilines is 1. The molecule has 3 N–H and O–H groups in total. The summed E-state index contributed by atoms with van der Waals surface area (Å²) in [6, 6.07) is 7.23. The number of nitrogens with one attached hydrogen (secondary N) is 1. The van der Waals surface area contributed by atoms with Gasteiger partial charge in [-0.1, -0.05) is 32.9 Å². The molecule has 0 radical (unpaired) electrons. The number of amides is 1. The van der Waals surface area contributed by atoms with E-state index in [0.29, 0.717) is 5.69 Å². The van der Waals surface area contributed by atoms with Crippen molar-refractivity contribution in [3.8, 4) is 0 Å². The van der Waals surface area contributed by atoms with Gasteiger partial charge in [0.1, 0.15) is 6.04 Å². The second-order valence-corrected chi connectivity index (χ2v) is 7.03. The lowest BCUT2D eigenvalue weighted by Crippen LogP contribution is -2.28. The Hall–Kier alpha value is -1.88. The first kappa shape index (κ1) is 15.5. The molecule has 2 rings (SSSR count). The number of primary amides is 1. The highest BCUT2D eigenvalue weighted by Crippen LogP contribution is 2.29. The predicted molar refractivity (Wildman–Crippen MR) is 87.6 cm³/mol. The van der Waals surface area contributed by atoms with Gasteiger partial charge in [-0.15, -0.1) is 11.3 Å². The van der Waals surface area contributed by atoms with Gasteiger partial charge >= 0.3 is 0 Å². The van der Waals surface area contributed by atoms with Crippen molar-refractivity contribution >= 4 is 22.9 Å². The van der Waals surface area contributed by atoms with Crippen LogP contribution in [0.15, 0.2) is 29.6 Å². The lowest BCUT2D eigenvalue weighted by Gasteiger charge is -2.16. The zero-order valence-corrected chi connectivity index (χ0v) is 13.6. The summed E-state index contributed by atoms with van der Waals surface area (Å²) in [5.74, 6) is -0.428. The zero-order valence-electron chi connectivity index (χ0n) is 12.8. The van der Waals surface area contributed by atoms with Gasteiger partial charge in [-0.3, -0.25) is 4.79 Å². The van der Waals surface area contributed by atoms with Crippen LogP contribution in [0.4, 0.5) is 5.69 Å². The highest BCUT2D eigenvalue weighted by atomic mass is 32.1. The molecular weight excluding hydrogens is 282 g/mol. The van der Waals surface area contributed by atoms with Crippen LogP contribution >= 0.6 is 11.3 Å². The standard InChI is InChI=1S/C16H21N3OS/c1-10-6-5-7-11(8-10)18-13(14(17)20)12-9-21-15(19-12)16(2,3)4/h5-9,13,18H,1-4H3,(H2,17,20). The van der Waals surface area contributed by atoms with Gasteiger partial charge in [0.05, 0.1) is 10.7 Å². The smallest absolute Gasteiger partial charge is 0.246 e. The van der Waals surface area contributed by atoms with Gasteiger partial charge in [0.15, 0.2) is 0 Å². The van der Waals surface area contributed by atoms with E-state index in [1.807, 2.05) is 36.6 Å². The lowest BCUT2D eigenvalue weighted by atomic mass is 9.98. The minimum Gasteiger partial charge on any atom is -0.369 e. The van der Waals surface area contributed by atoms with Gasteiger partial charge in [0, 0.05) is 16.5 Å². The van der Waals surface area contributed by atoms with E-state index in [0.717, 1.165) is 16.3 Å². The van der Waals surface area contributed by atoms with E-state index < -0.39 is 11.9 Å². The van der Waals surface area contributed by atoms with Crippen LogP contribution in [-0.4, -0.2) is 10.9 Å². The predicted octanol–water partition coefficient (Wildman–Crippen LogP) is 3.39. The first-order valence-corrected chi connectivity index (χ1v) is 7.74. The quantitative estimate of drug-likeness (QED) is 0.909. The molecule has 1 atom stereocenters. The molecule has 0 bridgehead atoms. The maximum absolute atomic E-state index is 11.8. The van der Waals surface area contributed by atoms with E-state index in [2.05, 4.69) is 31.1 Å². The number of benzene rings is 1. The summed E-state index contributed by atoms with van der Waals surface area (Å²) in [6.07, 6.45) is 0. The minimum absolute atomic E-state index is 0.0333. The number of aryl methyl sites for hydroxylation is 1. The van der Waals surface area contributed by atoms with Gasteiger partial charge < -0.3 is 11.1 Å². The zero-order chi connectivity index (χ0) is 15.6. The monoisotopic (exact) mass is 303 g/mol. The highest BCUT2D eigenvalue weighted by Gasteiger charge is 2.24. The third-order valence-electron chi connectivity index (χ3n) is 3.07. The second kappa shape index (κ2) is 5.85. The highest BCUT2D eigenvalue weighted by molar-refractivity contribution is 7.09. The van der Waals surface area contributed by atoms with Gasteiger partial charge in [0.25, 0.3) is 0 Å². The first-order valence-electron chi connectivity index (χ1n) is 6.86. The molecule has 1 amide bonds. The van der Waals surface area contributed by atoms with Crippen molar-refractivity contribution in [3.05, 3.63) is 45.9 Å². The Labute approximate surface area is 129 Å². The topological polar surface area (TPSA) is 68.0 Å². The molecule has 0 aliphatic carbocycles. The molecule has 2 aromatic rings. The number of hydrogen-bond acceptors (Lipinski definition) is 4. The Bertz CT molecular complexity index is 643. The van der Waals surface area contributed by atoms with E-state index in [1.165, 1.54) is 0 Å². The lowest BCUT2D eigenvalue weighted by molar-refractivity contribution is -0.118. The number of hydrogen-bond donors (Lipinski definition) is 2. The Kier molecular flexibility index (Phi) is 4.32. The molecule has 0 fully saturated rings. The van der Waals surface area contributed by atoms with Crippen molar-refractivity contribution in [3.63, 3.8) is 0 Å². The van der Waals surface area contributed by atoms with Crippen molar-refractivity contribution < 1.29 is 4.79 Å².